The second kappa shape index (κ2) is 3.88. The van der Waals surface area contributed by atoms with E-state index < -0.39 is 12.4 Å². The van der Waals surface area contributed by atoms with Crippen molar-refractivity contribution in [2.75, 3.05) is 0 Å². The van der Waals surface area contributed by atoms with Crippen LogP contribution in [0.4, 0.5) is 8.78 Å². The number of aromatic nitrogens is 2. The van der Waals surface area contributed by atoms with E-state index in [0.29, 0.717) is 0 Å². The Morgan fingerprint density at radius 2 is 2.00 bits per heavy atom. The number of halogens is 2. The van der Waals surface area contributed by atoms with Crippen LogP contribution in [0.15, 0.2) is 12.4 Å². The first-order valence-corrected chi connectivity index (χ1v) is 3.40. The lowest BCUT2D eigenvalue weighted by atomic mass is 10.3. The van der Waals surface area contributed by atoms with Crippen molar-refractivity contribution < 1.29 is 18.7 Å². The van der Waals surface area contributed by atoms with Gasteiger partial charge in [-0.25, -0.2) is 18.7 Å². The van der Waals surface area contributed by atoms with Gasteiger partial charge in [0.15, 0.2) is 0 Å². The molecule has 0 aliphatic carbocycles. The maximum Gasteiger partial charge on any atom is 0.311 e. The Kier molecular flexibility index (Phi) is 2.84. The molecule has 0 aliphatic heterocycles. The molecule has 1 N–H and O–H groups in total. The largest absolute Gasteiger partial charge is 0.481 e. The van der Waals surface area contributed by atoms with E-state index in [0.717, 1.165) is 12.4 Å². The third kappa shape index (κ3) is 2.73. The molecule has 0 saturated heterocycles. The van der Waals surface area contributed by atoms with Crippen LogP contribution in [0.5, 0.6) is 0 Å². The van der Waals surface area contributed by atoms with Gasteiger partial charge in [-0.15, -0.1) is 0 Å². The number of alkyl halides is 2. The van der Waals surface area contributed by atoms with Crippen molar-refractivity contribution in [2.45, 2.75) is 12.8 Å². The number of rotatable bonds is 3. The maximum absolute atomic E-state index is 12.0. The van der Waals surface area contributed by atoms with E-state index in [1.165, 1.54) is 0 Å². The molecule has 0 atom stereocenters. The number of aliphatic carboxylic acids is 1. The van der Waals surface area contributed by atoms with E-state index in [9.17, 15) is 13.6 Å². The standard InChI is InChI=1S/C7H6F2N2O2/c8-7(9)4-2-10-5(11-3-4)1-6(12)13/h2-3,7H,1H2,(H,12,13). The van der Waals surface area contributed by atoms with E-state index in [2.05, 4.69) is 9.97 Å². The van der Waals surface area contributed by atoms with E-state index in [1.54, 1.807) is 0 Å². The zero-order chi connectivity index (χ0) is 9.84. The molecule has 70 valence electrons. The van der Waals surface area contributed by atoms with Crippen LogP contribution in [0, 0.1) is 0 Å². The highest BCUT2D eigenvalue weighted by Crippen LogP contribution is 2.15. The van der Waals surface area contributed by atoms with Gasteiger partial charge in [0.25, 0.3) is 6.43 Å². The Labute approximate surface area is 72.3 Å². The van der Waals surface area contributed by atoms with Gasteiger partial charge in [0.1, 0.15) is 12.2 Å². The fourth-order valence-corrected chi connectivity index (χ4v) is 0.704. The van der Waals surface area contributed by atoms with Crippen LogP contribution in [0.1, 0.15) is 17.8 Å². The Morgan fingerprint density at radius 3 is 2.38 bits per heavy atom. The number of carboxylic acid groups (broad SMARTS) is 1. The Balaban J connectivity index is 2.75. The summed E-state index contributed by atoms with van der Waals surface area (Å²) in [6.45, 7) is 0. The zero-order valence-corrected chi connectivity index (χ0v) is 6.44. The summed E-state index contributed by atoms with van der Waals surface area (Å²) in [4.78, 5) is 17.1. The fourth-order valence-electron chi connectivity index (χ4n) is 0.704. The smallest absolute Gasteiger partial charge is 0.311 e. The third-order valence-corrected chi connectivity index (χ3v) is 1.29. The fraction of sp³-hybridized carbons (Fsp3) is 0.286. The van der Waals surface area contributed by atoms with E-state index in [-0.39, 0.29) is 17.8 Å². The first kappa shape index (κ1) is 9.50. The first-order valence-electron chi connectivity index (χ1n) is 3.40. The summed E-state index contributed by atoms with van der Waals surface area (Å²) in [6, 6.07) is 0. The molecular weight excluding hydrogens is 182 g/mol. The van der Waals surface area contributed by atoms with Crippen LogP contribution in [0.3, 0.4) is 0 Å². The normalized spacial score (nSPS) is 10.4. The van der Waals surface area contributed by atoms with Gasteiger partial charge >= 0.3 is 5.97 Å². The zero-order valence-electron chi connectivity index (χ0n) is 6.44. The van der Waals surface area contributed by atoms with Gasteiger partial charge in [0.2, 0.25) is 0 Å². The molecule has 1 aromatic rings. The second-order valence-electron chi connectivity index (χ2n) is 2.30. The predicted octanol–water partition coefficient (Wildman–Crippen LogP) is 1.04. The Morgan fingerprint density at radius 1 is 1.46 bits per heavy atom. The molecule has 1 rings (SSSR count). The van der Waals surface area contributed by atoms with Crippen LogP contribution in [0.2, 0.25) is 0 Å². The topological polar surface area (TPSA) is 63.1 Å². The van der Waals surface area contributed by atoms with Gasteiger partial charge in [-0.2, -0.15) is 0 Å². The first-order chi connectivity index (χ1) is 6.09. The molecule has 6 heteroatoms. The quantitative estimate of drug-likeness (QED) is 0.769. The van der Waals surface area contributed by atoms with Crippen molar-refractivity contribution in [1.29, 1.82) is 0 Å². The SMILES string of the molecule is O=C(O)Cc1ncc(C(F)F)cn1. The summed E-state index contributed by atoms with van der Waals surface area (Å²) < 4.78 is 23.9. The molecule has 1 aromatic heterocycles. The summed E-state index contributed by atoms with van der Waals surface area (Å²) in [7, 11) is 0. The van der Waals surface area contributed by atoms with Gasteiger partial charge in [0.05, 0.1) is 5.56 Å². The number of nitrogens with zero attached hydrogens (tertiary/aromatic N) is 2. The van der Waals surface area contributed by atoms with Gasteiger partial charge in [-0.05, 0) is 0 Å². The highest BCUT2D eigenvalue weighted by molar-refractivity contribution is 5.68. The van der Waals surface area contributed by atoms with Gasteiger partial charge in [0, 0.05) is 12.4 Å². The van der Waals surface area contributed by atoms with E-state index in [1.807, 2.05) is 0 Å². The van der Waals surface area contributed by atoms with Crippen molar-refractivity contribution in [2.24, 2.45) is 0 Å². The minimum absolute atomic E-state index is 0.0249. The monoisotopic (exact) mass is 188 g/mol. The van der Waals surface area contributed by atoms with Crippen LogP contribution >= 0.6 is 0 Å². The summed E-state index contributed by atoms with van der Waals surface area (Å²) >= 11 is 0. The van der Waals surface area contributed by atoms with Crippen LogP contribution in [-0.4, -0.2) is 21.0 Å². The molecule has 0 radical (unpaired) electrons. The minimum Gasteiger partial charge on any atom is -0.481 e. The summed E-state index contributed by atoms with van der Waals surface area (Å²) in [5.74, 6) is -1.07. The second-order valence-corrected chi connectivity index (χ2v) is 2.30. The molecule has 0 unspecified atom stereocenters. The highest BCUT2D eigenvalue weighted by Gasteiger charge is 2.09. The minimum atomic E-state index is -2.63. The highest BCUT2D eigenvalue weighted by atomic mass is 19.3. The summed E-state index contributed by atoms with van der Waals surface area (Å²) in [5.41, 5.74) is -0.311. The van der Waals surface area contributed by atoms with Crippen molar-refractivity contribution in [3.63, 3.8) is 0 Å². The molecule has 0 saturated carbocycles. The molecule has 0 aromatic carbocycles. The van der Waals surface area contributed by atoms with E-state index in [4.69, 9.17) is 5.11 Å². The van der Waals surface area contributed by atoms with E-state index >= 15 is 0 Å². The van der Waals surface area contributed by atoms with Crippen LogP contribution < -0.4 is 0 Å². The molecular formula is C7H6F2N2O2. The lowest BCUT2D eigenvalue weighted by Gasteiger charge is -1.98. The number of hydrogen-bond donors (Lipinski definition) is 1. The molecule has 0 fully saturated rings. The molecule has 1 heterocycles. The summed E-state index contributed by atoms with van der Waals surface area (Å²) in [6.07, 6.45) is -1.13. The molecule has 0 spiro atoms. The van der Waals surface area contributed by atoms with Crippen molar-refractivity contribution in [3.05, 3.63) is 23.8 Å². The lowest BCUT2D eigenvalue weighted by molar-refractivity contribution is -0.136. The molecule has 4 nitrogen and oxygen atoms in total. The molecule has 0 amide bonds. The number of carbonyl (C=O) groups is 1. The number of carboxylic acids is 1. The maximum atomic E-state index is 12.0. The van der Waals surface area contributed by atoms with Gasteiger partial charge < -0.3 is 5.11 Å². The summed E-state index contributed by atoms with van der Waals surface area (Å²) in [5, 5.41) is 8.32. The van der Waals surface area contributed by atoms with Crippen LogP contribution in [0.25, 0.3) is 0 Å². The number of hydrogen-bond acceptors (Lipinski definition) is 3. The predicted molar refractivity (Wildman–Crippen MR) is 38.3 cm³/mol. The van der Waals surface area contributed by atoms with Crippen molar-refractivity contribution >= 4 is 5.97 Å². The molecule has 0 aliphatic rings. The van der Waals surface area contributed by atoms with Gasteiger partial charge in [-0.3, -0.25) is 4.79 Å². The van der Waals surface area contributed by atoms with Gasteiger partial charge in [-0.1, -0.05) is 0 Å². The van der Waals surface area contributed by atoms with Crippen molar-refractivity contribution in [1.82, 2.24) is 9.97 Å². The Hall–Kier alpha value is -1.59. The molecule has 13 heavy (non-hydrogen) atoms. The average Bonchev–Trinajstić information content (AvgIpc) is 2.04. The molecule has 0 bridgehead atoms. The van der Waals surface area contributed by atoms with Crippen molar-refractivity contribution in [3.8, 4) is 0 Å². The average molecular weight is 188 g/mol. The van der Waals surface area contributed by atoms with Crippen LogP contribution in [-0.2, 0) is 11.2 Å². The third-order valence-electron chi connectivity index (χ3n) is 1.29. The Bertz CT molecular complexity index is 300. The lowest BCUT2D eigenvalue weighted by Crippen LogP contribution is -2.05.